The van der Waals surface area contributed by atoms with E-state index in [1.54, 1.807) is 34.9 Å². The van der Waals surface area contributed by atoms with Gasteiger partial charge in [-0.05, 0) is 25.5 Å². The predicted molar refractivity (Wildman–Crippen MR) is 87.4 cm³/mol. The summed E-state index contributed by atoms with van der Waals surface area (Å²) in [5, 5.41) is 3.27. The number of nitrogens with one attached hydrogen (secondary N) is 1. The van der Waals surface area contributed by atoms with Gasteiger partial charge in [0.1, 0.15) is 6.04 Å². The molecule has 1 N–H and O–H groups in total. The third-order valence-corrected chi connectivity index (χ3v) is 5.98. The molecule has 0 bridgehead atoms. The summed E-state index contributed by atoms with van der Waals surface area (Å²) >= 11 is 7.73. The first-order valence-electron chi connectivity index (χ1n) is 7.06. The van der Waals surface area contributed by atoms with Crippen LogP contribution in [0.1, 0.15) is 19.8 Å². The van der Waals surface area contributed by atoms with Crippen molar-refractivity contribution in [3.8, 4) is 5.75 Å². The molecule has 7 heteroatoms. The summed E-state index contributed by atoms with van der Waals surface area (Å²) in [7, 11) is 1.50. The number of hydrogen-bond acceptors (Lipinski definition) is 4. The van der Waals surface area contributed by atoms with Gasteiger partial charge in [0.05, 0.1) is 22.7 Å². The molecule has 0 radical (unpaired) electrons. The van der Waals surface area contributed by atoms with Crippen LogP contribution in [0.4, 0.5) is 5.69 Å². The summed E-state index contributed by atoms with van der Waals surface area (Å²) in [6.07, 6.45) is 1.30. The van der Waals surface area contributed by atoms with E-state index in [-0.39, 0.29) is 16.7 Å². The first-order valence-corrected chi connectivity index (χ1v) is 8.42. The van der Waals surface area contributed by atoms with Gasteiger partial charge in [0, 0.05) is 12.2 Å². The first kappa shape index (κ1) is 15.5. The number of fused-ring (bicyclic) bond motifs is 1. The van der Waals surface area contributed by atoms with Gasteiger partial charge in [0.25, 0.3) is 0 Å². The Bertz CT molecular complexity index is 639. The van der Waals surface area contributed by atoms with Crippen LogP contribution < -0.4 is 10.1 Å². The zero-order chi connectivity index (χ0) is 15.9. The highest BCUT2D eigenvalue weighted by Gasteiger charge is 2.52. The Kier molecular flexibility index (Phi) is 3.99. The van der Waals surface area contributed by atoms with Crippen molar-refractivity contribution in [3.63, 3.8) is 0 Å². The maximum atomic E-state index is 12.6. The van der Waals surface area contributed by atoms with Crippen molar-refractivity contribution < 1.29 is 14.3 Å². The second kappa shape index (κ2) is 5.66. The third kappa shape index (κ3) is 2.44. The fraction of sp³-hybridized carbons (Fsp3) is 0.467. The smallest absolute Gasteiger partial charge is 0.248 e. The molecule has 3 rings (SSSR count). The summed E-state index contributed by atoms with van der Waals surface area (Å²) in [5.41, 5.74) is 0.519. The van der Waals surface area contributed by atoms with Crippen LogP contribution in [0.2, 0.25) is 5.02 Å². The maximum absolute atomic E-state index is 12.6. The summed E-state index contributed by atoms with van der Waals surface area (Å²) in [6.45, 7) is 2.02. The van der Waals surface area contributed by atoms with Crippen LogP contribution in [0.15, 0.2) is 18.2 Å². The Hall–Kier alpha value is -1.40. The fourth-order valence-electron chi connectivity index (χ4n) is 3.05. The quantitative estimate of drug-likeness (QED) is 0.919. The van der Waals surface area contributed by atoms with Gasteiger partial charge in [-0.2, -0.15) is 0 Å². The van der Waals surface area contributed by atoms with Gasteiger partial charge in [-0.1, -0.05) is 17.7 Å². The third-order valence-electron chi connectivity index (χ3n) is 4.18. The van der Waals surface area contributed by atoms with Crippen LogP contribution in [-0.4, -0.2) is 40.5 Å². The molecule has 2 saturated heterocycles. The Morgan fingerprint density at radius 1 is 1.55 bits per heavy atom. The number of methoxy groups -OCH3 is 1. The zero-order valence-corrected chi connectivity index (χ0v) is 14.0. The number of carbonyl (C=O) groups excluding carboxylic acids is 2. The minimum atomic E-state index is -0.450. The number of benzene rings is 1. The molecule has 0 saturated carbocycles. The molecule has 0 spiro atoms. The number of thioether (sulfide) groups is 1. The minimum Gasteiger partial charge on any atom is -0.493 e. The molecule has 22 heavy (non-hydrogen) atoms. The maximum Gasteiger partial charge on any atom is 0.248 e. The van der Waals surface area contributed by atoms with Crippen LogP contribution in [0, 0.1) is 0 Å². The molecular formula is C15H17ClN2O3S. The van der Waals surface area contributed by atoms with Gasteiger partial charge in [0.2, 0.25) is 11.8 Å². The molecule has 2 heterocycles. The number of carbonyl (C=O) groups is 2. The molecule has 2 aliphatic rings. The summed E-state index contributed by atoms with van der Waals surface area (Å²) in [6, 6.07) is 4.72. The van der Waals surface area contributed by atoms with E-state index in [4.69, 9.17) is 16.3 Å². The molecule has 1 aromatic rings. The highest BCUT2D eigenvalue weighted by Crippen LogP contribution is 2.47. The van der Waals surface area contributed by atoms with E-state index in [0.717, 1.165) is 6.42 Å². The SMILES string of the molecule is COc1c(Cl)cccc1NC(=O)C1CSC2(C)CCC(=O)N12. The van der Waals surface area contributed by atoms with Crippen LogP contribution in [0.5, 0.6) is 5.75 Å². The van der Waals surface area contributed by atoms with Crippen molar-refractivity contribution in [2.45, 2.75) is 30.7 Å². The lowest BCUT2D eigenvalue weighted by Crippen LogP contribution is -2.48. The minimum absolute atomic E-state index is 0.0470. The van der Waals surface area contributed by atoms with Crippen LogP contribution in [-0.2, 0) is 9.59 Å². The predicted octanol–water partition coefficient (Wildman–Crippen LogP) is 2.74. The Morgan fingerprint density at radius 2 is 2.32 bits per heavy atom. The normalized spacial score (nSPS) is 27.0. The van der Waals surface area contributed by atoms with Gasteiger partial charge in [0.15, 0.2) is 5.75 Å². The molecule has 0 aromatic heterocycles. The van der Waals surface area contributed by atoms with Crippen LogP contribution in [0.3, 0.4) is 0 Å². The molecule has 2 atom stereocenters. The van der Waals surface area contributed by atoms with E-state index in [9.17, 15) is 9.59 Å². The van der Waals surface area contributed by atoms with Crippen LogP contribution >= 0.6 is 23.4 Å². The Morgan fingerprint density at radius 3 is 3.05 bits per heavy atom. The van der Waals surface area contributed by atoms with E-state index in [2.05, 4.69) is 5.32 Å². The zero-order valence-electron chi connectivity index (χ0n) is 12.4. The van der Waals surface area contributed by atoms with Gasteiger partial charge in [-0.3, -0.25) is 9.59 Å². The van der Waals surface area contributed by atoms with Gasteiger partial charge < -0.3 is 15.0 Å². The number of amides is 2. The van der Waals surface area contributed by atoms with E-state index in [0.29, 0.717) is 28.6 Å². The highest BCUT2D eigenvalue weighted by atomic mass is 35.5. The standard InChI is InChI=1S/C15H17ClN2O3S/c1-15-7-6-12(19)18(15)11(8-22-15)14(20)17-10-5-3-4-9(16)13(10)21-2/h3-5,11H,6-8H2,1-2H3,(H,17,20). The topological polar surface area (TPSA) is 58.6 Å². The fourth-order valence-corrected chi connectivity index (χ4v) is 4.73. The molecule has 2 unspecified atom stereocenters. The Labute approximate surface area is 138 Å². The number of halogens is 1. The van der Waals surface area contributed by atoms with E-state index in [1.165, 1.54) is 7.11 Å². The van der Waals surface area contributed by atoms with Crippen molar-refractivity contribution in [2.24, 2.45) is 0 Å². The number of rotatable bonds is 3. The molecule has 2 fully saturated rings. The lowest BCUT2D eigenvalue weighted by molar-refractivity contribution is -0.135. The van der Waals surface area contributed by atoms with Gasteiger partial charge >= 0.3 is 0 Å². The van der Waals surface area contributed by atoms with Crippen molar-refractivity contribution in [1.82, 2.24) is 4.90 Å². The molecule has 2 amide bonds. The van der Waals surface area contributed by atoms with Gasteiger partial charge in [-0.25, -0.2) is 0 Å². The summed E-state index contributed by atoms with van der Waals surface area (Å²) in [4.78, 5) is 26.2. The average molecular weight is 341 g/mol. The van der Waals surface area contributed by atoms with Crippen molar-refractivity contribution in [1.29, 1.82) is 0 Å². The molecule has 2 aliphatic heterocycles. The lowest BCUT2D eigenvalue weighted by Gasteiger charge is -2.30. The molecular weight excluding hydrogens is 324 g/mol. The number of para-hydroxylation sites is 1. The van der Waals surface area contributed by atoms with E-state index >= 15 is 0 Å². The van der Waals surface area contributed by atoms with Gasteiger partial charge in [-0.15, -0.1) is 11.8 Å². The van der Waals surface area contributed by atoms with Crippen molar-refractivity contribution in [3.05, 3.63) is 23.2 Å². The van der Waals surface area contributed by atoms with E-state index < -0.39 is 6.04 Å². The molecule has 1 aromatic carbocycles. The van der Waals surface area contributed by atoms with E-state index in [1.807, 2.05) is 6.92 Å². The summed E-state index contributed by atoms with van der Waals surface area (Å²) in [5.74, 6) is 0.883. The van der Waals surface area contributed by atoms with Crippen molar-refractivity contribution in [2.75, 3.05) is 18.2 Å². The van der Waals surface area contributed by atoms with Crippen LogP contribution in [0.25, 0.3) is 0 Å². The molecule has 5 nitrogen and oxygen atoms in total. The van der Waals surface area contributed by atoms with Crippen molar-refractivity contribution >= 4 is 40.9 Å². The number of anilines is 1. The number of nitrogens with zero attached hydrogens (tertiary/aromatic N) is 1. The second-order valence-electron chi connectivity index (χ2n) is 5.58. The lowest BCUT2D eigenvalue weighted by atomic mass is 10.2. The first-order chi connectivity index (χ1) is 10.5. The monoisotopic (exact) mass is 340 g/mol. The largest absolute Gasteiger partial charge is 0.493 e. The highest BCUT2D eigenvalue weighted by molar-refractivity contribution is 8.01. The Balaban J connectivity index is 1.81. The molecule has 0 aliphatic carbocycles. The number of hydrogen-bond donors (Lipinski definition) is 1. The average Bonchev–Trinajstić information content (AvgIpc) is 2.96. The summed E-state index contributed by atoms with van der Waals surface area (Å²) < 4.78 is 5.23. The number of ether oxygens (including phenoxy) is 1. The second-order valence-corrected chi connectivity index (χ2v) is 7.48. The molecule has 118 valence electrons.